The van der Waals surface area contributed by atoms with Crippen molar-refractivity contribution in [2.75, 3.05) is 13.1 Å². The standard InChI is InChI=1S/C9H18N4O3.C3H8.2C2H6/c1-6(14)7(13-8(15)5-10)3-2-4-12-9(11)16;1-3-2;2*1-2/h7H,2-5,10H2,1H3,(H,13,15)(H3,11,12,16);3H2,1-2H3;2*1-2H3. The van der Waals surface area contributed by atoms with E-state index in [-0.39, 0.29) is 18.2 Å². The molecule has 0 saturated carbocycles. The minimum atomic E-state index is -0.606. The van der Waals surface area contributed by atoms with Crippen molar-refractivity contribution in [1.29, 1.82) is 0 Å². The quantitative estimate of drug-likeness (QED) is 0.530. The Labute approximate surface area is 141 Å². The molecule has 0 fully saturated rings. The highest BCUT2D eigenvalue weighted by atomic mass is 16.2. The van der Waals surface area contributed by atoms with Gasteiger partial charge in [-0.3, -0.25) is 9.59 Å². The fraction of sp³-hybridized carbons (Fsp3) is 0.812. The smallest absolute Gasteiger partial charge is 0.312 e. The van der Waals surface area contributed by atoms with Crippen LogP contribution < -0.4 is 22.1 Å². The number of urea groups is 1. The van der Waals surface area contributed by atoms with Crippen molar-refractivity contribution in [2.45, 2.75) is 73.8 Å². The SMILES string of the molecule is CC.CC.CC(=O)C(CCCNC(N)=O)NC(=O)CN.CCC. The van der Waals surface area contributed by atoms with Gasteiger partial charge in [0.25, 0.3) is 0 Å². The lowest BCUT2D eigenvalue weighted by molar-refractivity contribution is -0.126. The van der Waals surface area contributed by atoms with Crippen LogP contribution in [0.5, 0.6) is 0 Å². The van der Waals surface area contributed by atoms with Crippen LogP contribution in [0, 0.1) is 0 Å². The zero-order valence-corrected chi connectivity index (χ0v) is 16.0. The first-order chi connectivity index (χ1) is 10.9. The van der Waals surface area contributed by atoms with Gasteiger partial charge in [-0.15, -0.1) is 0 Å². The molecule has 0 rings (SSSR count). The normalized spacial score (nSPS) is 9.39. The van der Waals surface area contributed by atoms with E-state index in [0.717, 1.165) is 0 Å². The molecule has 0 aromatic rings. The van der Waals surface area contributed by atoms with Gasteiger partial charge in [0.2, 0.25) is 5.91 Å². The Kier molecular flexibility index (Phi) is 32.4. The van der Waals surface area contributed by atoms with Crippen LogP contribution in [0.3, 0.4) is 0 Å². The second-order valence-electron chi connectivity index (χ2n) is 4.08. The number of Topliss-reactive ketones (excluding diaryl/α,β-unsaturated/α-hetero) is 1. The van der Waals surface area contributed by atoms with Gasteiger partial charge >= 0.3 is 6.03 Å². The molecule has 0 spiro atoms. The number of amides is 3. The fourth-order valence-electron chi connectivity index (χ4n) is 1.15. The van der Waals surface area contributed by atoms with Crippen molar-refractivity contribution in [1.82, 2.24) is 10.6 Å². The van der Waals surface area contributed by atoms with E-state index in [1.165, 1.54) is 13.3 Å². The molecular formula is C16H38N4O3. The molecule has 0 aliphatic rings. The third-order valence-corrected chi connectivity index (χ3v) is 1.98. The Morgan fingerprint density at radius 2 is 1.48 bits per heavy atom. The summed E-state index contributed by atoms with van der Waals surface area (Å²) in [5.74, 6) is -0.510. The Balaban J connectivity index is -0.000000222. The molecule has 7 heteroatoms. The summed E-state index contributed by atoms with van der Waals surface area (Å²) in [6.07, 6.45) is 2.25. The highest BCUT2D eigenvalue weighted by molar-refractivity contribution is 5.88. The first-order valence-electron chi connectivity index (χ1n) is 8.42. The molecule has 140 valence electrons. The van der Waals surface area contributed by atoms with E-state index < -0.39 is 12.1 Å². The van der Waals surface area contributed by atoms with Gasteiger partial charge in [-0.05, 0) is 19.8 Å². The summed E-state index contributed by atoms with van der Waals surface area (Å²) in [6.45, 7) is 13.9. The zero-order valence-electron chi connectivity index (χ0n) is 16.0. The third kappa shape index (κ3) is 29.1. The highest BCUT2D eigenvalue weighted by Gasteiger charge is 2.15. The van der Waals surface area contributed by atoms with Crippen molar-refractivity contribution in [3.05, 3.63) is 0 Å². The summed E-state index contributed by atoms with van der Waals surface area (Å²) in [5.41, 5.74) is 9.99. The number of hydrogen-bond donors (Lipinski definition) is 4. The minimum Gasteiger partial charge on any atom is -0.352 e. The average Bonchev–Trinajstić information content (AvgIpc) is 2.54. The van der Waals surface area contributed by atoms with Crippen LogP contribution in [0.4, 0.5) is 4.79 Å². The molecule has 0 aliphatic heterocycles. The summed E-state index contributed by atoms with van der Waals surface area (Å²) in [7, 11) is 0. The van der Waals surface area contributed by atoms with Gasteiger partial charge in [-0.2, -0.15) is 0 Å². The van der Waals surface area contributed by atoms with E-state index in [9.17, 15) is 14.4 Å². The molecule has 0 aromatic heterocycles. The Morgan fingerprint density at radius 3 is 1.78 bits per heavy atom. The van der Waals surface area contributed by atoms with E-state index in [1.54, 1.807) is 0 Å². The summed E-state index contributed by atoms with van der Waals surface area (Å²) in [6, 6.07) is -1.16. The Bertz CT molecular complexity index is 284. The highest BCUT2D eigenvalue weighted by Crippen LogP contribution is 1.98. The lowest BCUT2D eigenvalue weighted by Crippen LogP contribution is -2.43. The van der Waals surface area contributed by atoms with E-state index >= 15 is 0 Å². The number of carbonyl (C=O) groups is 3. The predicted octanol–water partition coefficient (Wildman–Crippen LogP) is 1.94. The largest absolute Gasteiger partial charge is 0.352 e. The van der Waals surface area contributed by atoms with E-state index in [0.29, 0.717) is 19.4 Å². The van der Waals surface area contributed by atoms with Crippen LogP contribution in [0.25, 0.3) is 0 Å². The van der Waals surface area contributed by atoms with Crippen LogP contribution in [0.15, 0.2) is 0 Å². The zero-order chi connectivity index (χ0) is 19.3. The molecule has 0 heterocycles. The molecule has 1 atom stereocenters. The number of primary amides is 1. The first kappa shape index (κ1) is 29.4. The van der Waals surface area contributed by atoms with Crippen LogP contribution in [0.2, 0.25) is 0 Å². The molecular weight excluding hydrogens is 296 g/mol. The minimum absolute atomic E-state index is 0.138. The molecule has 7 nitrogen and oxygen atoms in total. The van der Waals surface area contributed by atoms with Crippen LogP contribution >= 0.6 is 0 Å². The number of nitrogens with one attached hydrogen (secondary N) is 2. The molecule has 23 heavy (non-hydrogen) atoms. The molecule has 0 aliphatic carbocycles. The van der Waals surface area contributed by atoms with Gasteiger partial charge in [0, 0.05) is 6.54 Å². The van der Waals surface area contributed by atoms with E-state index in [4.69, 9.17) is 11.5 Å². The van der Waals surface area contributed by atoms with E-state index in [1.807, 2.05) is 27.7 Å². The van der Waals surface area contributed by atoms with Crippen LogP contribution in [-0.2, 0) is 9.59 Å². The van der Waals surface area contributed by atoms with Gasteiger partial charge in [-0.1, -0.05) is 48.0 Å². The third-order valence-electron chi connectivity index (χ3n) is 1.98. The van der Waals surface area contributed by atoms with Gasteiger partial charge in [-0.25, -0.2) is 4.79 Å². The molecule has 0 saturated heterocycles. The van der Waals surface area contributed by atoms with Crippen LogP contribution in [-0.4, -0.2) is 36.9 Å². The number of carbonyl (C=O) groups excluding carboxylic acids is 3. The van der Waals surface area contributed by atoms with Crippen molar-refractivity contribution in [2.24, 2.45) is 11.5 Å². The van der Waals surface area contributed by atoms with Crippen molar-refractivity contribution in [3.8, 4) is 0 Å². The molecule has 3 amide bonds. The topological polar surface area (TPSA) is 127 Å². The Hall–Kier alpha value is -1.63. The van der Waals surface area contributed by atoms with Crippen molar-refractivity contribution < 1.29 is 14.4 Å². The second-order valence-corrected chi connectivity index (χ2v) is 4.08. The summed E-state index contributed by atoms with van der Waals surface area (Å²) < 4.78 is 0. The molecule has 0 aromatic carbocycles. The van der Waals surface area contributed by atoms with Crippen molar-refractivity contribution >= 4 is 17.7 Å². The van der Waals surface area contributed by atoms with Gasteiger partial charge in [0.15, 0.2) is 5.78 Å². The van der Waals surface area contributed by atoms with Crippen molar-refractivity contribution in [3.63, 3.8) is 0 Å². The fourth-order valence-corrected chi connectivity index (χ4v) is 1.15. The molecule has 0 radical (unpaired) electrons. The lowest BCUT2D eigenvalue weighted by atomic mass is 10.1. The molecule has 6 N–H and O–H groups in total. The maximum Gasteiger partial charge on any atom is 0.312 e. The lowest BCUT2D eigenvalue weighted by Gasteiger charge is -2.15. The van der Waals surface area contributed by atoms with E-state index in [2.05, 4.69) is 24.5 Å². The van der Waals surface area contributed by atoms with Crippen LogP contribution in [0.1, 0.15) is 67.7 Å². The first-order valence-corrected chi connectivity index (χ1v) is 8.42. The maximum atomic E-state index is 11.2. The van der Waals surface area contributed by atoms with Gasteiger partial charge in [0.1, 0.15) is 0 Å². The summed E-state index contributed by atoms with van der Waals surface area (Å²) >= 11 is 0. The monoisotopic (exact) mass is 334 g/mol. The summed E-state index contributed by atoms with van der Waals surface area (Å²) in [5, 5.41) is 4.89. The maximum absolute atomic E-state index is 11.2. The molecule has 0 bridgehead atoms. The number of rotatable bonds is 7. The molecule has 1 unspecified atom stereocenters. The predicted molar refractivity (Wildman–Crippen MR) is 97.1 cm³/mol. The number of hydrogen-bond acceptors (Lipinski definition) is 4. The number of ketones is 1. The average molecular weight is 335 g/mol. The van der Waals surface area contributed by atoms with Gasteiger partial charge < -0.3 is 22.1 Å². The summed E-state index contributed by atoms with van der Waals surface area (Å²) in [4.78, 5) is 32.5. The number of nitrogens with two attached hydrogens (primary N) is 2. The second kappa shape index (κ2) is 25.3. The Morgan fingerprint density at radius 1 is 1.04 bits per heavy atom. The van der Waals surface area contributed by atoms with Gasteiger partial charge in [0.05, 0.1) is 12.6 Å².